The van der Waals surface area contributed by atoms with E-state index in [2.05, 4.69) is 107 Å². The van der Waals surface area contributed by atoms with Crippen molar-refractivity contribution < 1.29 is 0 Å². The predicted molar refractivity (Wildman–Crippen MR) is 153 cm³/mol. The Balaban J connectivity index is 1.64. The molecule has 3 nitrogen and oxygen atoms in total. The van der Waals surface area contributed by atoms with Crippen LogP contribution in [-0.4, -0.2) is 0 Å². The average molecular weight is 484 g/mol. The number of anilines is 3. The van der Waals surface area contributed by atoms with Crippen molar-refractivity contribution in [2.24, 2.45) is 0 Å². The quantitative estimate of drug-likeness (QED) is 0.230. The highest BCUT2D eigenvalue weighted by Gasteiger charge is 2.51. The van der Waals surface area contributed by atoms with Crippen LogP contribution in [0.15, 0.2) is 116 Å². The molecule has 2 aliphatic rings. The van der Waals surface area contributed by atoms with Gasteiger partial charge in [-0.2, -0.15) is 5.26 Å². The molecule has 5 aromatic rings. The zero-order valence-electron chi connectivity index (χ0n) is 20.5. The lowest BCUT2D eigenvalue weighted by atomic mass is 9.64. The van der Waals surface area contributed by atoms with Crippen molar-refractivity contribution in [3.05, 3.63) is 161 Å². The third kappa shape index (κ3) is 2.76. The van der Waals surface area contributed by atoms with Gasteiger partial charge < -0.3 is 4.90 Å². The summed E-state index contributed by atoms with van der Waals surface area (Å²) in [6.45, 7) is 11.7. The first-order valence-electron chi connectivity index (χ1n) is 12.5. The summed E-state index contributed by atoms with van der Waals surface area (Å²) in [6, 6.07) is 39.8. The molecule has 1 heterocycles. The number of nitrogens with zero attached hydrogens (tertiary/aromatic N) is 3. The van der Waals surface area contributed by atoms with Crippen LogP contribution >= 0.6 is 0 Å². The highest BCUT2D eigenvalue weighted by atomic mass is 15.2. The topological polar surface area (TPSA) is 31.4 Å². The van der Waals surface area contributed by atoms with Crippen LogP contribution in [0.4, 0.5) is 22.7 Å². The molecule has 0 aromatic heterocycles. The van der Waals surface area contributed by atoms with E-state index in [-0.39, 0.29) is 0 Å². The maximum Gasteiger partial charge on any atom is 0.187 e. The maximum atomic E-state index is 9.87. The van der Waals surface area contributed by atoms with Gasteiger partial charge in [0.25, 0.3) is 0 Å². The van der Waals surface area contributed by atoms with Gasteiger partial charge in [-0.05, 0) is 75.3 Å². The molecule has 0 saturated carbocycles. The Hall–Kier alpha value is -5.38. The first kappa shape index (κ1) is 21.9. The fraction of sp³-hybridized carbons (Fsp3) is 0.0286. The SMILES string of the molecule is [C-]#[N+]c1ccc2c(c1)C1(c3cc(C#N)ccc3-2)c2ccccc2N(c2ccc(C=C)cc2)c2ccccc21. The lowest BCUT2D eigenvalue weighted by Gasteiger charge is -2.45. The van der Waals surface area contributed by atoms with Crippen LogP contribution in [0.2, 0.25) is 0 Å². The number of fused-ring (bicyclic) bond motifs is 9. The molecule has 7 rings (SSSR count). The number of para-hydroxylation sites is 2. The Morgan fingerprint density at radius 1 is 0.737 bits per heavy atom. The predicted octanol–water partition coefficient (Wildman–Crippen LogP) is 8.90. The summed E-state index contributed by atoms with van der Waals surface area (Å²) in [5.41, 5.74) is 11.5. The molecule has 1 aliphatic carbocycles. The van der Waals surface area contributed by atoms with E-state index < -0.39 is 5.41 Å². The van der Waals surface area contributed by atoms with Crippen LogP contribution in [0.5, 0.6) is 0 Å². The molecule has 1 aliphatic heterocycles. The van der Waals surface area contributed by atoms with E-state index in [1.54, 1.807) is 0 Å². The van der Waals surface area contributed by atoms with Crippen molar-refractivity contribution in [1.82, 2.24) is 0 Å². The minimum atomic E-state index is -0.664. The first-order valence-corrected chi connectivity index (χ1v) is 12.5. The van der Waals surface area contributed by atoms with Crippen LogP contribution < -0.4 is 4.90 Å². The lowest BCUT2D eigenvalue weighted by molar-refractivity contribution is 0.753. The highest BCUT2D eigenvalue weighted by molar-refractivity contribution is 5.96. The van der Waals surface area contributed by atoms with E-state index in [0.29, 0.717) is 11.3 Å². The third-order valence-electron chi connectivity index (χ3n) is 7.86. The number of hydrogen-bond donors (Lipinski definition) is 0. The standard InChI is InChI=1S/C35H21N3/c1-3-23-12-16-26(17-13-23)38-33-10-6-4-8-29(33)35(30-9-5-7-11-34(30)38)31-20-24(22-36)14-18-27(31)28-19-15-25(37-2)21-32(28)35/h3-21H,1H2. The molecular weight excluding hydrogens is 462 g/mol. The number of rotatable bonds is 2. The number of nitriles is 1. The third-order valence-corrected chi connectivity index (χ3v) is 7.86. The number of hydrogen-bond acceptors (Lipinski definition) is 2. The van der Waals surface area contributed by atoms with Crippen LogP contribution in [-0.2, 0) is 5.41 Å². The molecule has 0 bridgehead atoms. The van der Waals surface area contributed by atoms with E-state index >= 15 is 0 Å². The highest BCUT2D eigenvalue weighted by Crippen LogP contribution is 2.63. The van der Waals surface area contributed by atoms with Gasteiger partial charge in [-0.3, -0.25) is 0 Å². The van der Waals surface area contributed by atoms with E-state index in [0.717, 1.165) is 56.0 Å². The molecule has 0 saturated heterocycles. The second-order valence-corrected chi connectivity index (χ2v) is 9.63. The van der Waals surface area contributed by atoms with Gasteiger partial charge in [0.2, 0.25) is 0 Å². The normalized spacial score (nSPS) is 13.5. The summed E-state index contributed by atoms with van der Waals surface area (Å²) in [5.74, 6) is 0. The molecule has 0 N–H and O–H groups in total. The molecule has 3 heteroatoms. The van der Waals surface area contributed by atoms with Gasteiger partial charge in [-0.1, -0.05) is 85.5 Å². The summed E-state index contributed by atoms with van der Waals surface area (Å²) < 4.78 is 0. The Labute approximate surface area is 222 Å². The molecule has 38 heavy (non-hydrogen) atoms. The largest absolute Gasteiger partial charge is 0.310 e. The zero-order valence-corrected chi connectivity index (χ0v) is 20.5. The monoisotopic (exact) mass is 483 g/mol. The van der Waals surface area contributed by atoms with Crippen LogP contribution in [0.25, 0.3) is 22.0 Å². The summed E-state index contributed by atoms with van der Waals surface area (Å²) in [6.07, 6.45) is 1.85. The fourth-order valence-electron chi connectivity index (χ4n) is 6.32. The van der Waals surface area contributed by atoms with E-state index in [9.17, 15) is 5.26 Å². The van der Waals surface area contributed by atoms with Gasteiger partial charge in [0.1, 0.15) is 0 Å². The van der Waals surface area contributed by atoms with E-state index in [1.165, 1.54) is 0 Å². The smallest absolute Gasteiger partial charge is 0.187 e. The van der Waals surface area contributed by atoms with E-state index in [1.807, 2.05) is 30.3 Å². The van der Waals surface area contributed by atoms with Gasteiger partial charge in [0.05, 0.1) is 35.0 Å². The Morgan fingerprint density at radius 2 is 1.34 bits per heavy atom. The Bertz CT molecular complexity index is 1750. The van der Waals surface area contributed by atoms with Crippen molar-refractivity contribution in [3.8, 4) is 17.2 Å². The summed E-state index contributed by atoms with van der Waals surface area (Å²) in [5, 5.41) is 9.87. The molecule has 176 valence electrons. The average Bonchev–Trinajstić information content (AvgIpc) is 3.27. The van der Waals surface area contributed by atoms with Crippen molar-refractivity contribution in [3.63, 3.8) is 0 Å². The van der Waals surface area contributed by atoms with Gasteiger partial charge >= 0.3 is 0 Å². The summed E-state index contributed by atoms with van der Waals surface area (Å²) in [4.78, 5) is 6.11. The molecule has 0 amide bonds. The van der Waals surface area contributed by atoms with Crippen LogP contribution in [0, 0.1) is 17.9 Å². The molecule has 1 spiro atoms. The Kier molecular flexibility index (Phi) is 4.64. The molecular formula is C35H21N3. The van der Waals surface area contributed by atoms with Crippen molar-refractivity contribution in [2.45, 2.75) is 5.41 Å². The molecule has 0 fully saturated rings. The summed E-state index contributed by atoms with van der Waals surface area (Å²) >= 11 is 0. The minimum absolute atomic E-state index is 0.605. The zero-order chi connectivity index (χ0) is 25.9. The van der Waals surface area contributed by atoms with Gasteiger partial charge in [-0.25, -0.2) is 4.85 Å². The molecule has 0 atom stereocenters. The molecule has 5 aromatic carbocycles. The second-order valence-electron chi connectivity index (χ2n) is 9.63. The Morgan fingerprint density at radius 3 is 1.95 bits per heavy atom. The first-order chi connectivity index (χ1) is 18.7. The van der Waals surface area contributed by atoms with Gasteiger partial charge in [0, 0.05) is 5.69 Å². The summed E-state index contributed by atoms with van der Waals surface area (Å²) in [7, 11) is 0. The minimum Gasteiger partial charge on any atom is -0.310 e. The van der Waals surface area contributed by atoms with Gasteiger partial charge in [0.15, 0.2) is 5.69 Å². The van der Waals surface area contributed by atoms with Crippen molar-refractivity contribution in [1.29, 1.82) is 5.26 Å². The van der Waals surface area contributed by atoms with E-state index in [4.69, 9.17) is 6.57 Å². The van der Waals surface area contributed by atoms with Crippen LogP contribution in [0.1, 0.15) is 33.4 Å². The lowest BCUT2D eigenvalue weighted by Crippen LogP contribution is -2.36. The number of benzene rings is 5. The fourth-order valence-corrected chi connectivity index (χ4v) is 6.32. The van der Waals surface area contributed by atoms with Crippen molar-refractivity contribution >= 4 is 28.8 Å². The van der Waals surface area contributed by atoms with Gasteiger partial charge in [-0.15, -0.1) is 0 Å². The second kappa shape index (κ2) is 8.07. The molecule has 0 unspecified atom stereocenters. The molecule has 0 radical (unpaired) electrons. The maximum absolute atomic E-state index is 9.87. The van der Waals surface area contributed by atoms with Crippen molar-refractivity contribution in [2.75, 3.05) is 4.90 Å². The van der Waals surface area contributed by atoms with Crippen LogP contribution in [0.3, 0.4) is 0 Å².